The van der Waals surface area contributed by atoms with E-state index >= 15 is 0 Å². The fourth-order valence-corrected chi connectivity index (χ4v) is 3.10. The van der Waals surface area contributed by atoms with E-state index in [0.29, 0.717) is 35.8 Å². The summed E-state index contributed by atoms with van der Waals surface area (Å²) < 4.78 is 16.3. The summed E-state index contributed by atoms with van der Waals surface area (Å²) >= 11 is 1.50. The molecule has 1 heterocycles. The number of carbonyl (C=O) groups is 2. The van der Waals surface area contributed by atoms with Crippen molar-refractivity contribution in [1.29, 1.82) is 0 Å². The average Bonchev–Trinajstić information content (AvgIpc) is 3.26. The first-order chi connectivity index (χ1) is 14.1. The maximum Gasteiger partial charge on any atom is 0.338 e. The highest BCUT2D eigenvalue weighted by Gasteiger charge is 2.20. The Morgan fingerprint density at radius 2 is 1.59 bits per heavy atom. The fraction of sp³-hybridized carbons (Fsp3) is 0.227. The second-order valence-electron chi connectivity index (χ2n) is 6.16. The third-order valence-electron chi connectivity index (χ3n) is 4.06. The Bertz CT molecular complexity index is 936. The Labute approximate surface area is 173 Å². The van der Waals surface area contributed by atoms with Crippen LogP contribution in [0.25, 0.3) is 0 Å². The standard InChI is InChI=1S/C22H21NO5S/c1-3-26-19-8-4-16(5-9-19)21(24)15(2)28-22(25)17-6-10-20(11-7-17)27-12-18-13-29-14-23-18/h4-11,13-15H,3,12H2,1-2H3/t15-/m1/s1. The van der Waals surface area contributed by atoms with Gasteiger partial charge in [-0.15, -0.1) is 11.3 Å². The zero-order valence-electron chi connectivity index (χ0n) is 16.2. The number of rotatable bonds is 9. The van der Waals surface area contributed by atoms with Gasteiger partial charge in [0.15, 0.2) is 6.10 Å². The van der Waals surface area contributed by atoms with Crippen molar-refractivity contribution in [2.75, 3.05) is 6.61 Å². The Morgan fingerprint density at radius 1 is 0.966 bits per heavy atom. The molecule has 0 radical (unpaired) electrons. The van der Waals surface area contributed by atoms with Crippen LogP contribution in [0.3, 0.4) is 0 Å². The third kappa shape index (κ3) is 5.65. The molecule has 2 aromatic carbocycles. The van der Waals surface area contributed by atoms with E-state index in [4.69, 9.17) is 14.2 Å². The van der Waals surface area contributed by atoms with E-state index in [9.17, 15) is 9.59 Å². The normalized spacial score (nSPS) is 11.5. The minimum absolute atomic E-state index is 0.274. The van der Waals surface area contributed by atoms with Gasteiger partial charge in [-0.2, -0.15) is 0 Å². The minimum Gasteiger partial charge on any atom is -0.494 e. The largest absolute Gasteiger partial charge is 0.494 e. The van der Waals surface area contributed by atoms with Crippen molar-refractivity contribution in [1.82, 2.24) is 4.98 Å². The monoisotopic (exact) mass is 411 g/mol. The molecule has 1 atom stereocenters. The van der Waals surface area contributed by atoms with Crippen molar-refractivity contribution >= 4 is 23.1 Å². The van der Waals surface area contributed by atoms with E-state index in [0.717, 1.165) is 5.69 Å². The molecule has 0 saturated carbocycles. The van der Waals surface area contributed by atoms with Gasteiger partial charge in [0.2, 0.25) is 5.78 Å². The number of ether oxygens (including phenoxy) is 3. The van der Waals surface area contributed by atoms with E-state index in [2.05, 4.69) is 4.98 Å². The second-order valence-corrected chi connectivity index (χ2v) is 6.88. The molecule has 1 aromatic heterocycles. The van der Waals surface area contributed by atoms with Gasteiger partial charge in [0.1, 0.15) is 18.1 Å². The average molecular weight is 411 g/mol. The molecular formula is C22H21NO5S. The molecule has 3 rings (SSSR count). The maximum atomic E-state index is 12.5. The highest BCUT2D eigenvalue weighted by molar-refractivity contribution is 7.07. The van der Waals surface area contributed by atoms with E-state index < -0.39 is 12.1 Å². The number of carbonyl (C=O) groups excluding carboxylic acids is 2. The molecular weight excluding hydrogens is 390 g/mol. The van der Waals surface area contributed by atoms with Gasteiger partial charge in [-0.05, 0) is 62.4 Å². The molecule has 0 unspecified atom stereocenters. The van der Waals surface area contributed by atoms with Gasteiger partial charge >= 0.3 is 5.97 Å². The summed E-state index contributed by atoms with van der Waals surface area (Å²) in [4.78, 5) is 29.0. The Kier molecular flexibility index (Phi) is 6.97. The van der Waals surface area contributed by atoms with E-state index in [1.807, 2.05) is 12.3 Å². The van der Waals surface area contributed by atoms with Crippen LogP contribution in [0.1, 0.15) is 40.3 Å². The van der Waals surface area contributed by atoms with Crippen molar-refractivity contribution in [3.8, 4) is 11.5 Å². The summed E-state index contributed by atoms with van der Waals surface area (Å²) in [6.07, 6.45) is -0.902. The molecule has 3 aromatic rings. The van der Waals surface area contributed by atoms with E-state index in [-0.39, 0.29) is 5.78 Å². The van der Waals surface area contributed by atoms with Crippen LogP contribution in [0, 0.1) is 0 Å². The van der Waals surface area contributed by atoms with Crippen LogP contribution in [0.15, 0.2) is 59.4 Å². The summed E-state index contributed by atoms with van der Waals surface area (Å²) in [5, 5.41) is 1.91. The first-order valence-corrected chi connectivity index (χ1v) is 10.1. The predicted octanol–water partition coefficient (Wildman–Crippen LogP) is 4.55. The highest BCUT2D eigenvalue weighted by Crippen LogP contribution is 2.17. The number of nitrogens with zero attached hydrogens (tertiary/aromatic N) is 1. The quantitative estimate of drug-likeness (QED) is 0.380. The number of benzene rings is 2. The topological polar surface area (TPSA) is 74.7 Å². The summed E-state index contributed by atoms with van der Waals surface area (Å²) in [5.74, 6) is 0.464. The Hall–Kier alpha value is -3.19. The molecule has 0 fully saturated rings. The highest BCUT2D eigenvalue weighted by atomic mass is 32.1. The molecule has 0 N–H and O–H groups in total. The predicted molar refractivity (Wildman–Crippen MR) is 110 cm³/mol. The van der Waals surface area contributed by atoms with E-state index in [1.54, 1.807) is 61.0 Å². The molecule has 0 saturated heterocycles. The molecule has 0 aliphatic carbocycles. The van der Waals surface area contributed by atoms with Crippen LogP contribution in [0.5, 0.6) is 11.5 Å². The molecule has 0 aliphatic heterocycles. The Morgan fingerprint density at radius 3 is 2.17 bits per heavy atom. The molecule has 0 amide bonds. The zero-order chi connectivity index (χ0) is 20.6. The number of Topliss-reactive ketones (excluding diaryl/α,β-unsaturated/α-hetero) is 1. The van der Waals surface area contributed by atoms with Crippen molar-refractivity contribution in [2.24, 2.45) is 0 Å². The molecule has 29 heavy (non-hydrogen) atoms. The number of hydrogen-bond donors (Lipinski definition) is 0. The first kappa shape index (κ1) is 20.5. The maximum absolute atomic E-state index is 12.5. The zero-order valence-corrected chi connectivity index (χ0v) is 17.0. The fourth-order valence-electron chi connectivity index (χ4n) is 2.55. The van der Waals surface area contributed by atoms with Crippen LogP contribution < -0.4 is 9.47 Å². The smallest absolute Gasteiger partial charge is 0.338 e. The van der Waals surface area contributed by atoms with Gasteiger partial charge in [-0.25, -0.2) is 9.78 Å². The van der Waals surface area contributed by atoms with Crippen molar-refractivity contribution in [3.63, 3.8) is 0 Å². The molecule has 150 valence electrons. The lowest BCUT2D eigenvalue weighted by Gasteiger charge is -2.13. The molecule has 0 bridgehead atoms. The third-order valence-corrected chi connectivity index (χ3v) is 4.70. The second kappa shape index (κ2) is 9.84. The van der Waals surface area contributed by atoms with Gasteiger partial charge in [0.25, 0.3) is 0 Å². The van der Waals surface area contributed by atoms with Gasteiger partial charge in [-0.1, -0.05) is 0 Å². The molecule has 0 spiro atoms. The van der Waals surface area contributed by atoms with Crippen LogP contribution in [0.2, 0.25) is 0 Å². The number of thiazole rings is 1. The summed E-state index contributed by atoms with van der Waals surface area (Å²) in [7, 11) is 0. The number of esters is 1. The summed E-state index contributed by atoms with van der Waals surface area (Å²) in [6, 6.07) is 13.3. The number of hydrogen-bond acceptors (Lipinski definition) is 7. The van der Waals surface area contributed by atoms with Gasteiger partial charge in [0.05, 0.1) is 23.4 Å². The lowest BCUT2D eigenvalue weighted by atomic mass is 10.1. The summed E-state index contributed by atoms with van der Waals surface area (Å²) in [5.41, 5.74) is 3.39. The Balaban J connectivity index is 1.55. The lowest BCUT2D eigenvalue weighted by Crippen LogP contribution is -2.24. The lowest BCUT2D eigenvalue weighted by molar-refractivity contribution is 0.0318. The molecule has 0 aliphatic rings. The van der Waals surface area contributed by atoms with Crippen LogP contribution >= 0.6 is 11.3 Å². The van der Waals surface area contributed by atoms with E-state index in [1.165, 1.54) is 11.3 Å². The van der Waals surface area contributed by atoms with Crippen LogP contribution in [-0.4, -0.2) is 29.4 Å². The SMILES string of the molecule is CCOc1ccc(C(=O)[C@@H](C)OC(=O)c2ccc(OCc3cscn3)cc2)cc1. The van der Waals surface area contributed by atoms with Crippen molar-refractivity contribution in [3.05, 3.63) is 76.2 Å². The summed E-state index contributed by atoms with van der Waals surface area (Å²) in [6.45, 7) is 4.36. The number of aromatic nitrogens is 1. The molecule has 7 heteroatoms. The van der Waals surface area contributed by atoms with Gasteiger partial charge in [-0.3, -0.25) is 4.79 Å². The van der Waals surface area contributed by atoms with Crippen molar-refractivity contribution in [2.45, 2.75) is 26.6 Å². The van der Waals surface area contributed by atoms with Gasteiger partial charge in [0, 0.05) is 10.9 Å². The first-order valence-electron chi connectivity index (χ1n) is 9.14. The van der Waals surface area contributed by atoms with Crippen LogP contribution in [0.4, 0.5) is 0 Å². The van der Waals surface area contributed by atoms with Crippen LogP contribution in [-0.2, 0) is 11.3 Å². The number of ketones is 1. The minimum atomic E-state index is -0.902. The molecule has 6 nitrogen and oxygen atoms in total. The van der Waals surface area contributed by atoms with Crippen molar-refractivity contribution < 1.29 is 23.8 Å². The van der Waals surface area contributed by atoms with Gasteiger partial charge < -0.3 is 14.2 Å².